The Morgan fingerprint density at radius 2 is 1.87 bits per heavy atom. The van der Waals surface area contributed by atoms with Crippen molar-refractivity contribution < 1.29 is 9.59 Å². The Labute approximate surface area is 90.6 Å². The smallest absolute Gasteiger partial charge is 0.223 e. The van der Waals surface area contributed by atoms with E-state index in [1.807, 2.05) is 0 Å². The van der Waals surface area contributed by atoms with E-state index >= 15 is 0 Å². The average molecular weight is 209 g/mol. The average Bonchev–Trinajstić information content (AvgIpc) is 2.17. The summed E-state index contributed by atoms with van der Waals surface area (Å²) in [6.07, 6.45) is 5.05. The van der Waals surface area contributed by atoms with Gasteiger partial charge in [0, 0.05) is 24.8 Å². The first-order chi connectivity index (χ1) is 7.15. The molecule has 2 aliphatic carbocycles. The van der Waals surface area contributed by atoms with Gasteiger partial charge in [0.15, 0.2) is 0 Å². The second-order valence-corrected chi connectivity index (χ2v) is 5.10. The fraction of sp³-hybridized carbons (Fsp3) is 0.833. The molecule has 0 unspecified atom stereocenters. The maximum atomic E-state index is 11.7. The zero-order valence-corrected chi connectivity index (χ0v) is 9.29. The molecule has 3 nitrogen and oxygen atoms in total. The van der Waals surface area contributed by atoms with Gasteiger partial charge in [0.1, 0.15) is 5.78 Å². The summed E-state index contributed by atoms with van der Waals surface area (Å²) in [5, 5.41) is 3.07. The number of rotatable bonds is 2. The monoisotopic (exact) mass is 209 g/mol. The van der Waals surface area contributed by atoms with Crippen LogP contribution < -0.4 is 5.32 Å². The lowest BCUT2D eigenvalue weighted by molar-refractivity contribution is -0.130. The topological polar surface area (TPSA) is 46.2 Å². The van der Waals surface area contributed by atoms with E-state index in [2.05, 4.69) is 12.2 Å². The molecule has 0 spiro atoms. The van der Waals surface area contributed by atoms with Gasteiger partial charge < -0.3 is 5.32 Å². The van der Waals surface area contributed by atoms with Crippen LogP contribution in [0.4, 0.5) is 0 Å². The van der Waals surface area contributed by atoms with Crippen LogP contribution in [0.3, 0.4) is 0 Å². The number of hydrogen-bond acceptors (Lipinski definition) is 2. The first-order valence-corrected chi connectivity index (χ1v) is 5.97. The quantitative estimate of drug-likeness (QED) is 0.751. The number of carbonyl (C=O) groups excluding carboxylic acids is 2. The molecule has 1 N–H and O–H groups in total. The van der Waals surface area contributed by atoms with E-state index in [1.54, 1.807) is 0 Å². The van der Waals surface area contributed by atoms with Gasteiger partial charge in [-0.15, -0.1) is 0 Å². The number of hydrogen-bond donors (Lipinski definition) is 1. The van der Waals surface area contributed by atoms with Crippen molar-refractivity contribution in [1.29, 1.82) is 0 Å². The summed E-state index contributed by atoms with van der Waals surface area (Å²) in [4.78, 5) is 22.8. The summed E-state index contributed by atoms with van der Waals surface area (Å²) in [5.74, 6) is 1.52. The van der Waals surface area contributed by atoms with Crippen molar-refractivity contribution in [2.75, 3.05) is 0 Å². The van der Waals surface area contributed by atoms with Gasteiger partial charge in [0.05, 0.1) is 0 Å². The van der Waals surface area contributed by atoms with Crippen molar-refractivity contribution in [3.8, 4) is 0 Å². The lowest BCUT2D eigenvalue weighted by atomic mass is 9.75. The predicted octanol–water partition coefficient (Wildman–Crippen LogP) is 1.66. The summed E-state index contributed by atoms with van der Waals surface area (Å²) in [6, 6.07) is 0.256. The van der Waals surface area contributed by atoms with Crippen molar-refractivity contribution in [3.05, 3.63) is 0 Å². The van der Waals surface area contributed by atoms with Crippen LogP contribution in [0.2, 0.25) is 0 Å². The highest BCUT2D eigenvalue weighted by Gasteiger charge is 2.32. The summed E-state index contributed by atoms with van der Waals surface area (Å²) in [6.45, 7) is 2.18. The van der Waals surface area contributed by atoms with E-state index in [9.17, 15) is 9.59 Å². The van der Waals surface area contributed by atoms with Crippen molar-refractivity contribution in [3.63, 3.8) is 0 Å². The van der Waals surface area contributed by atoms with Crippen LogP contribution in [0.25, 0.3) is 0 Å². The van der Waals surface area contributed by atoms with Crippen LogP contribution in [0, 0.1) is 11.8 Å². The second kappa shape index (κ2) is 4.33. The Balaban J connectivity index is 1.72. The summed E-state index contributed by atoms with van der Waals surface area (Å²) in [7, 11) is 0. The molecule has 0 aliphatic heterocycles. The minimum Gasteiger partial charge on any atom is -0.353 e. The molecule has 84 valence electrons. The number of Topliss-reactive ketones (excluding diaryl/α,β-unsaturated/α-hetero) is 1. The Morgan fingerprint density at radius 1 is 1.27 bits per heavy atom. The van der Waals surface area contributed by atoms with Gasteiger partial charge in [-0.3, -0.25) is 9.59 Å². The number of carbonyl (C=O) groups is 2. The molecule has 0 heterocycles. The fourth-order valence-corrected chi connectivity index (χ4v) is 2.52. The van der Waals surface area contributed by atoms with Crippen molar-refractivity contribution in [2.45, 2.75) is 51.5 Å². The van der Waals surface area contributed by atoms with Crippen LogP contribution in [-0.2, 0) is 9.59 Å². The third-order valence-electron chi connectivity index (χ3n) is 3.63. The highest BCUT2D eigenvalue weighted by molar-refractivity contribution is 5.81. The van der Waals surface area contributed by atoms with Crippen LogP contribution in [0.5, 0.6) is 0 Å². The molecule has 0 saturated heterocycles. The Morgan fingerprint density at radius 3 is 2.40 bits per heavy atom. The highest BCUT2D eigenvalue weighted by Crippen LogP contribution is 2.33. The zero-order valence-electron chi connectivity index (χ0n) is 9.29. The maximum absolute atomic E-state index is 11.7. The molecule has 0 bridgehead atoms. The minimum absolute atomic E-state index is 0.215. The molecule has 2 fully saturated rings. The number of amides is 1. The molecule has 2 saturated carbocycles. The summed E-state index contributed by atoms with van der Waals surface area (Å²) in [5.41, 5.74) is 0. The number of nitrogens with one attached hydrogen (secondary N) is 1. The van der Waals surface area contributed by atoms with E-state index in [1.165, 1.54) is 0 Å². The van der Waals surface area contributed by atoms with Crippen molar-refractivity contribution >= 4 is 11.7 Å². The molecule has 1 amide bonds. The number of ketones is 1. The van der Waals surface area contributed by atoms with Gasteiger partial charge in [-0.2, -0.15) is 0 Å². The molecule has 0 aromatic carbocycles. The molecule has 0 atom stereocenters. The first kappa shape index (κ1) is 10.7. The molecule has 2 aliphatic rings. The highest BCUT2D eigenvalue weighted by atomic mass is 16.2. The van der Waals surface area contributed by atoms with Gasteiger partial charge in [-0.25, -0.2) is 0 Å². The van der Waals surface area contributed by atoms with E-state index in [0.717, 1.165) is 25.7 Å². The van der Waals surface area contributed by atoms with Crippen molar-refractivity contribution in [2.24, 2.45) is 11.8 Å². The van der Waals surface area contributed by atoms with Crippen molar-refractivity contribution in [1.82, 2.24) is 5.32 Å². The largest absolute Gasteiger partial charge is 0.353 e. The third-order valence-corrected chi connectivity index (χ3v) is 3.63. The standard InChI is InChI=1S/C12H19NO2/c1-8-6-9(7-8)12(15)13-10-2-4-11(14)5-3-10/h8-10H,2-7H2,1H3,(H,13,15). The van der Waals surface area contributed by atoms with Crippen LogP contribution in [-0.4, -0.2) is 17.7 Å². The van der Waals surface area contributed by atoms with Gasteiger partial charge >= 0.3 is 0 Å². The molecular weight excluding hydrogens is 190 g/mol. The SMILES string of the molecule is CC1CC(C(=O)NC2CCC(=O)CC2)C1. The zero-order chi connectivity index (χ0) is 10.8. The van der Waals surface area contributed by atoms with Gasteiger partial charge in [0.25, 0.3) is 0 Å². The Bertz CT molecular complexity index is 259. The lowest BCUT2D eigenvalue weighted by Gasteiger charge is -2.33. The molecule has 0 aromatic rings. The third kappa shape index (κ3) is 2.58. The van der Waals surface area contributed by atoms with Crippen LogP contribution >= 0.6 is 0 Å². The van der Waals surface area contributed by atoms with Crippen LogP contribution in [0.1, 0.15) is 45.4 Å². The normalized spacial score (nSPS) is 32.2. The molecule has 15 heavy (non-hydrogen) atoms. The van der Waals surface area contributed by atoms with E-state index < -0.39 is 0 Å². The van der Waals surface area contributed by atoms with Gasteiger partial charge in [-0.1, -0.05) is 6.92 Å². The second-order valence-electron chi connectivity index (χ2n) is 5.10. The summed E-state index contributed by atoms with van der Waals surface area (Å²) >= 11 is 0. The molecule has 0 aromatic heterocycles. The molecule has 2 rings (SSSR count). The molecular formula is C12H19NO2. The Hall–Kier alpha value is -0.860. The fourth-order valence-electron chi connectivity index (χ4n) is 2.52. The predicted molar refractivity (Wildman–Crippen MR) is 57.3 cm³/mol. The lowest BCUT2D eigenvalue weighted by Crippen LogP contribution is -2.44. The molecule has 3 heteroatoms. The Kier molecular flexibility index (Phi) is 3.08. The molecule has 0 radical (unpaired) electrons. The van der Waals surface area contributed by atoms with Gasteiger partial charge in [0.2, 0.25) is 5.91 Å². The van der Waals surface area contributed by atoms with E-state index in [4.69, 9.17) is 0 Å². The first-order valence-electron chi connectivity index (χ1n) is 5.97. The summed E-state index contributed by atoms with van der Waals surface area (Å²) < 4.78 is 0. The van der Waals surface area contributed by atoms with E-state index in [0.29, 0.717) is 24.5 Å². The van der Waals surface area contributed by atoms with Gasteiger partial charge in [-0.05, 0) is 31.6 Å². The van der Waals surface area contributed by atoms with E-state index in [-0.39, 0.29) is 17.9 Å². The minimum atomic E-state index is 0.215. The maximum Gasteiger partial charge on any atom is 0.223 e. The van der Waals surface area contributed by atoms with Crippen LogP contribution in [0.15, 0.2) is 0 Å².